The highest BCUT2D eigenvalue weighted by Crippen LogP contribution is 2.27. The Hall–Kier alpha value is -1.33. The van der Waals surface area contributed by atoms with Gasteiger partial charge in [0.15, 0.2) is 0 Å². The molecular formula is C14H18BrN3O. The zero-order chi connectivity index (χ0) is 14.0. The lowest BCUT2D eigenvalue weighted by atomic mass is 10.0. The van der Waals surface area contributed by atoms with Crippen molar-refractivity contribution in [2.24, 2.45) is 12.8 Å². The molecule has 1 heterocycles. The van der Waals surface area contributed by atoms with Gasteiger partial charge in [-0.25, -0.2) is 0 Å². The average Bonchev–Trinajstić information content (AvgIpc) is 2.69. The minimum absolute atomic E-state index is 0.102. The van der Waals surface area contributed by atoms with Crippen LogP contribution in [0.2, 0.25) is 0 Å². The Kier molecular flexibility index (Phi) is 4.27. The van der Waals surface area contributed by atoms with Crippen LogP contribution in [0, 0.1) is 6.92 Å². The third kappa shape index (κ3) is 3.16. The number of aryl methyl sites for hydroxylation is 2. The first-order valence-electron chi connectivity index (χ1n) is 6.09. The van der Waals surface area contributed by atoms with E-state index in [0.717, 1.165) is 27.2 Å². The fourth-order valence-electron chi connectivity index (χ4n) is 2.23. The molecule has 102 valence electrons. The van der Waals surface area contributed by atoms with E-state index in [0.29, 0.717) is 6.42 Å². The lowest BCUT2D eigenvalue weighted by Gasteiger charge is -2.15. The molecule has 0 saturated carbocycles. The van der Waals surface area contributed by atoms with Crippen LogP contribution < -0.4 is 10.5 Å². The highest BCUT2D eigenvalue weighted by Gasteiger charge is 2.15. The number of ether oxygens (including phenoxy) is 1. The molecule has 0 amide bonds. The monoisotopic (exact) mass is 323 g/mol. The number of halogens is 1. The van der Waals surface area contributed by atoms with E-state index >= 15 is 0 Å². The summed E-state index contributed by atoms with van der Waals surface area (Å²) in [5.41, 5.74) is 9.38. The van der Waals surface area contributed by atoms with Gasteiger partial charge in [-0.2, -0.15) is 5.10 Å². The average molecular weight is 324 g/mol. The number of rotatable bonds is 4. The zero-order valence-electron chi connectivity index (χ0n) is 11.4. The summed E-state index contributed by atoms with van der Waals surface area (Å²) in [4.78, 5) is 0. The number of aromatic nitrogens is 2. The molecule has 0 spiro atoms. The molecule has 0 bridgehead atoms. The third-order valence-corrected chi connectivity index (χ3v) is 3.59. The van der Waals surface area contributed by atoms with E-state index in [9.17, 15) is 0 Å². The second-order valence-corrected chi connectivity index (χ2v) is 5.52. The Labute approximate surface area is 121 Å². The highest BCUT2D eigenvalue weighted by atomic mass is 79.9. The second-order valence-electron chi connectivity index (χ2n) is 4.60. The van der Waals surface area contributed by atoms with Crippen LogP contribution in [0.25, 0.3) is 0 Å². The highest BCUT2D eigenvalue weighted by molar-refractivity contribution is 9.10. The van der Waals surface area contributed by atoms with E-state index < -0.39 is 0 Å². The van der Waals surface area contributed by atoms with Crippen molar-refractivity contribution in [3.63, 3.8) is 0 Å². The lowest BCUT2D eigenvalue weighted by Crippen LogP contribution is -2.17. The van der Waals surface area contributed by atoms with Crippen LogP contribution in [0.1, 0.15) is 23.0 Å². The van der Waals surface area contributed by atoms with Gasteiger partial charge in [0.2, 0.25) is 0 Å². The molecule has 1 atom stereocenters. The number of hydrogen-bond acceptors (Lipinski definition) is 3. The molecule has 0 saturated heterocycles. The standard InChI is InChI=1S/C14H18BrN3O/c1-9-6-13(18(2)17-9)12(16)8-10-7-11(15)4-5-14(10)19-3/h4-7,12H,8,16H2,1-3H3. The number of hydrogen-bond donors (Lipinski definition) is 1. The van der Waals surface area contributed by atoms with Crippen molar-refractivity contribution in [3.05, 3.63) is 45.7 Å². The SMILES string of the molecule is COc1ccc(Br)cc1CC(N)c1cc(C)nn1C. The van der Waals surface area contributed by atoms with Crippen molar-refractivity contribution >= 4 is 15.9 Å². The maximum atomic E-state index is 6.28. The number of nitrogens with two attached hydrogens (primary N) is 1. The van der Waals surface area contributed by atoms with Gasteiger partial charge in [0.1, 0.15) is 5.75 Å². The van der Waals surface area contributed by atoms with Crippen LogP contribution in [0.4, 0.5) is 0 Å². The van der Waals surface area contributed by atoms with Crippen molar-refractivity contribution in [2.45, 2.75) is 19.4 Å². The third-order valence-electron chi connectivity index (χ3n) is 3.10. The van der Waals surface area contributed by atoms with Gasteiger partial charge in [-0.05, 0) is 43.2 Å². The smallest absolute Gasteiger partial charge is 0.122 e. The molecule has 1 aromatic heterocycles. The van der Waals surface area contributed by atoms with Crippen LogP contribution in [0.3, 0.4) is 0 Å². The summed E-state index contributed by atoms with van der Waals surface area (Å²) < 4.78 is 8.24. The zero-order valence-corrected chi connectivity index (χ0v) is 12.9. The summed E-state index contributed by atoms with van der Waals surface area (Å²) in [6.07, 6.45) is 0.710. The van der Waals surface area contributed by atoms with Gasteiger partial charge in [-0.1, -0.05) is 15.9 Å². The van der Waals surface area contributed by atoms with Gasteiger partial charge in [-0.3, -0.25) is 4.68 Å². The molecule has 0 fully saturated rings. The minimum Gasteiger partial charge on any atom is -0.496 e. The number of methoxy groups -OCH3 is 1. The first kappa shape index (κ1) is 14.1. The Morgan fingerprint density at radius 2 is 2.16 bits per heavy atom. The lowest BCUT2D eigenvalue weighted by molar-refractivity contribution is 0.407. The van der Waals surface area contributed by atoms with Gasteiger partial charge in [0.05, 0.1) is 24.5 Å². The number of nitrogens with zero attached hydrogens (tertiary/aromatic N) is 2. The van der Waals surface area contributed by atoms with Crippen LogP contribution >= 0.6 is 15.9 Å². The van der Waals surface area contributed by atoms with Crippen molar-refractivity contribution < 1.29 is 4.74 Å². The number of benzene rings is 1. The molecule has 2 N–H and O–H groups in total. The van der Waals surface area contributed by atoms with Gasteiger partial charge < -0.3 is 10.5 Å². The predicted molar refractivity (Wildman–Crippen MR) is 79.3 cm³/mol. The predicted octanol–water partition coefficient (Wildman–Crippen LogP) is 2.74. The van der Waals surface area contributed by atoms with Crippen molar-refractivity contribution in [2.75, 3.05) is 7.11 Å². The van der Waals surface area contributed by atoms with Crippen LogP contribution in [-0.4, -0.2) is 16.9 Å². The summed E-state index contributed by atoms with van der Waals surface area (Å²) in [6.45, 7) is 1.97. The molecule has 5 heteroatoms. The Balaban J connectivity index is 2.25. The molecule has 0 radical (unpaired) electrons. The Morgan fingerprint density at radius 3 is 2.74 bits per heavy atom. The minimum atomic E-state index is -0.102. The van der Waals surface area contributed by atoms with Crippen LogP contribution in [0.5, 0.6) is 5.75 Å². The largest absolute Gasteiger partial charge is 0.496 e. The summed E-state index contributed by atoms with van der Waals surface area (Å²) in [6, 6.07) is 7.87. The molecule has 0 aliphatic rings. The summed E-state index contributed by atoms with van der Waals surface area (Å²) in [5, 5.41) is 4.33. The fourth-order valence-corrected chi connectivity index (χ4v) is 2.63. The Bertz CT molecular complexity index is 580. The van der Waals surface area contributed by atoms with E-state index in [1.54, 1.807) is 7.11 Å². The first-order chi connectivity index (χ1) is 9.01. The maximum Gasteiger partial charge on any atom is 0.122 e. The van der Waals surface area contributed by atoms with E-state index in [4.69, 9.17) is 10.5 Å². The van der Waals surface area contributed by atoms with Gasteiger partial charge in [0.25, 0.3) is 0 Å². The van der Waals surface area contributed by atoms with Crippen LogP contribution in [0.15, 0.2) is 28.7 Å². The maximum absolute atomic E-state index is 6.28. The summed E-state index contributed by atoms with van der Waals surface area (Å²) >= 11 is 3.48. The van der Waals surface area contributed by atoms with E-state index in [2.05, 4.69) is 21.0 Å². The van der Waals surface area contributed by atoms with Crippen LogP contribution in [-0.2, 0) is 13.5 Å². The molecule has 0 aliphatic carbocycles. The molecule has 0 aliphatic heterocycles. The summed E-state index contributed by atoms with van der Waals surface area (Å²) in [7, 11) is 3.59. The van der Waals surface area contributed by atoms with Crippen molar-refractivity contribution in [1.82, 2.24) is 9.78 Å². The molecule has 2 rings (SSSR count). The second kappa shape index (κ2) is 5.75. The Morgan fingerprint density at radius 1 is 1.42 bits per heavy atom. The van der Waals surface area contributed by atoms with Gasteiger partial charge >= 0.3 is 0 Å². The van der Waals surface area contributed by atoms with E-state index in [-0.39, 0.29) is 6.04 Å². The quantitative estimate of drug-likeness (QED) is 0.941. The molecule has 2 aromatic rings. The topological polar surface area (TPSA) is 53.1 Å². The normalized spacial score (nSPS) is 12.5. The summed E-state index contributed by atoms with van der Waals surface area (Å²) in [5.74, 6) is 0.859. The first-order valence-corrected chi connectivity index (χ1v) is 6.89. The molecular weight excluding hydrogens is 306 g/mol. The molecule has 1 aromatic carbocycles. The van der Waals surface area contributed by atoms with Crippen molar-refractivity contribution in [3.8, 4) is 5.75 Å². The van der Waals surface area contributed by atoms with Gasteiger partial charge in [0, 0.05) is 11.5 Å². The molecule has 19 heavy (non-hydrogen) atoms. The van der Waals surface area contributed by atoms with Crippen molar-refractivity contribution in [1.29, 1.82) is 0 Å². The molecule has 1 unspecified atom stereocenters. The fraction of sp³-hybridized carbons (Fsp3) is 0.357. The van der Waals surface area contributed by atoms with Gasteiger partial charge in [-0.15, -0.1) is 0 Å². The molecule has 4 nitrogen and oxygen atoms in total. The van der Waals surface area contributed by atoms with E-state index in [1.807, 2.05) is 42.9 Å². The van der Waals surface area contributed by atoms with E-state index in [1.165, 1.54) is 0 Å².